The maximum atomic E-state index is 5.98. The zero-order chi connectivity index (χ0) is 40.3. The molecule has 0 radical (unpaired) electrons. The van der Waals surface area contributed by atoms with Gasteiger partial charge >= 0.3 is 0 Å². The zero-order valence-corrected chi connectivity index (χ0v) is 34.0. The third-order valence-corrected chi connectivity index (χ3v) is 15.8. The van der Waals surface area contributed by atoms with E-state index in [1.807, 2.05) is 0 Å². The minimum Gasteiger partial charge on any atom is -0.493 e. The van der Waals surface area contributed by atoms with E-state index in [-0.39, 0.29) is 0 Å². The fourth-order valence-corrected chi connectivity index (χ4v) is 13.7. The highest BCUT2D eigenvalue weighted by Gasteiger charge is 2.34. The van der Waals surface area contributed by atoms with E-state index in [1.165, 1.54) is 172 Å². The van der Waals surface area contributed by atoms with Crippen LogP contribution in [-0.2, 0) is 0 Å². The number of hydrogen-bond donors (Lipinski definition) is 0. The lowest BCUT2D eigenvalue weighted by Crippen LogP contribution is -2.02. The van der Waals surface area contributed by atoms with Crippen molar-refractivity contribution in [1.29, 1.82) is 0 Å². The summed E-state index contributed by atoms with van der Waals surface area (Å²) in [5, 5.41) is 42.1. The second kappa shape index (κ2) is 9.70. The Morgan fingerprint density at radius 3 is 0.597 bits per heavy atom. The third-order valence-electron chi connectivity index (χ3n) is 15.8. The molecule has 0 saturated heterocycles. The summed E-state index contributed by atoms with van der Waals surface area (Å²) < 4.78 is 23.9. The number of rotatable bonds is 4. The van der Waals surface area contributed by atoms with Crippen molar-refractivity contribution in [3.8, 4) is 23.0 Å². The molecule has 0 saturated carbocycles. The Labute approximate surface area is 350 Å². The molecule has 17 rings (SSSR count). The van der Waals surface area contributed by atoms with Crippen LogP contribution in [-0.4, -0.2) is 28.4 Å². The lowest BCUT2D eigenvalue weighted by Gasteiger charge is -2.31. The van der Waals surface area contributed by atoms with Crippen molar-refractivity contribution >= 4 is 172 Å². The molecule has 0 fully saturated rings. The topological polar surface area (TPSA) is 36.9 Å². The van der Waals surface area contributed by atoms with Crippen LogP contribution in [0.1, 0.15) is 0 Å². The Bertz CT molecular complexity index is 4230. The first-order valence-electron chi connectivity index (χ1n) is 21.4. The molecule has 62 heavy (non-hydrogen) atoms. The normalized spacial score (nSPS) is 13.5. The van der Waals surface area contributed by atoms with E-state index >= 15 is 0 Å². The highest BCUT2D eigenvalue weighted by molar-refractivity contribution is 6.64. The Hall–Kier alpha value is -7.82. The zero-order valence-electron chi connectivity index (χ0n) is 34.0. The molecule has 0 aliphatic carbocycles. The van der Waals surface area contributed by atoms with Crippen LogP contribution in [0.25, 0.3) is 172 Å². The molecule has 17 aromatic carbocycles. The van der Waals surface area contributed by atoms with Gasteiger partial charge in [-0.3, -0.25) is 0 Å². The molecule has 17 aromatic rings. The highest BCUT2D eigenvalue weighted by atomic mass is 16.5. The summed E-state index contributed by atoms with van der Waals surface area (Å²) in [6, 6.07) is 42.0. The average Bonchev–Trinajstić information content (AvgIpc) is 3.33. The SMILES string of the molecule is COc1cc2c(cc1OC)c1ccc3c4cccc5c6ccc7c8cc(OC)c(OC)cc8c8ccc9c%10cccc%11c%12ccc2c2c1c3c1c(c45)c3c6c7c8c9c3c(c%11%10)c1c%122. The highest BCUT2D eigenvalue weighted by Crippen LogP contribution is 2.63. The van der Waals surface area contributed by atoms with Crippen LogP contribution in [0.5, 0.6) is 23.0 Å². The fraction of sp³-hybridized carbons (Fsp3) is 0.0690. The van der Waals surface area contributed by atoms with Crippen LogP contribution in [0.2, 0.25) is 0 Å². The van der Waals surface area contributed by atoms with Gasteiger partial charge in [-0.05, 0) is 197 Å². The van der Waals surface area contributed by atoms with Crippen LogP contribution in [0.4, 0.5) is 0 Å². The van der Waals surface area contributed by atoms with E-state index in [9.17, 15) is 0 Å². The summed E-state index contributed by atoms with van der Waals surface area (Å²) >= 11 is 0. The van der Waals surface area contributed by atoms with Crippen LogP contribution < -0.4 is 18.9 Å². The molecule has 0 bridgehead atoms. The summed E-state index contributed by atoms with van der Waals surface area (Å²) in [6.07, 6.45) is 0. The van der Waals surface area contributed by atoms with Crippen molar-refractivity contribution in [2.45, 2.75) is 0 Å². The molecule has 0 spiro atoms. The van der Waals surface area contributed by atoms with Crippen molar-refractivity contribution in [1.82, 2.24) is 0 Å². The van der Waals surface area contributed by atoms with Crippen LogP contribution in [0.15, 0.2) is 109 Å². The van der Waals surface area contributed by atoms with Gasteiger partial charge < -0.3 is 18.9 Å². The number of methoxy groups -OCH3 is 4. The average molecular weight is 791 g/mol. The first kappa shape index (κ1) is 31.1. The minimum absolute atomic E-state index is 0.742. The van der Waals surface area contributed by atoms with Crippen LogP contribution in [0, 0.1) is 0 Å². The smallest absolute Gasteiger partial charge is 0.161 e. The predicted molar refractivity (Wildman–Crippen MR) is 262 cm³/mol. The van der Waals surface area contributed by atoms with Crippen molar-refractivity contribution in [3.63, 3.8) is 0 Å². The Morgan fingerprint density at radius 1 is 0.194 bits per heavy atom. The van der Waals surface area contributed by atoms with Gasteiger partial charge in [-0.2, -0.15) is 0 Å². The molecule has 0 N–H and O–H groups in total. The quantitative estimate of drug-likeness (QED) is 0.131. The van der Waals surface area contributed by atoms with E-state index in [1.54, 1.807) is 28.4 Å². The van der Waals surface area contributed by atoms with Crippen molar-refractivity contribution in [3.05, 3.63) is 109 Å². The van der Waals surface area contributed by atoms with Gasteiger partial charge in [0.1, 0.15) is 0 Å². The Kier molecular flexibility index (Phi) is 4.87. The van der Waals surface area contributed by atoms with Gasteiger partial charge in [-0.1, -0.05) is 84.9 Å². The van der Waals surface area contributed by atoms with Gasteiger partial charge in [0.15, 0.2) is 23.0 Å². The summed E-state index contributed by atoms with van der Waals surface area (Å²) in [5.74, 6) is 2.97. The largest absolute Gasteiger partial charge is 0.493 e. The Balaban J connectivity index is 1.30. The predicted octanol–water partition coefficient (Wildman–Crippen LogP) is 15.7. The fourth-order valence-electron chi connectivity index (χ4n) is 13.7. The summed E-state index contributed by atoms with van der Waals surface area (Å²) in [4.78, 5) is 0. The lowest BCUT2D eigenvalue weighted by atomic mass is 9.71. The van der Waals surface area contributed by atoms with Crippen LogP contribution >= 0.6 is 0 Å². The second-order valence-corrected chi connectivity index (χ2v) is 17.9. The maximum Gasteiger partial charge on any atom is 0.161 e. The molecular formula is C58H30O4. The Morgan fingerprint density at radius 2 is 0.371 bits per heavy atom. The molecule has 286 valence electrons. The van der Waals surface area contributed by atoms with E-state index < -0.39 is 0 Å². The number of ether oxygens (including phenoxy) is 4. The molecule has 0 heterocycles. The van der Waals surface area contributed by atoms with Gasteiger partial charge in [0.2, 0.25) is 0 Å². The van der Waals surface area contributed by atoms with E-state index in [4.69, 9.17) is 18.9 Å². The van der Waals surface area contributed by atoms with Gasteiger partial charge in [0.05, 0.1) is 28.4 Å². The molecule has 0 aliphatic rings. The maximum absolute atomic E-state index is 5.98. The van der Waals surface area contributed by atoms with Gasteiger partial charge in [0, 0.05) is 0 Å². The summed E-state index contributed by atoms with van der Waals surface area (Å²) in [5.41, 5.74) is 0. The molecule has 4 heteroatoms. The second-order valence-electron chi connectivity index (χ2n) is 17.9. The molecule has 0 aliphatic heterocycles. The first-order valence-corrected chi connectivity index (χ1v) is 21.4. The number of benzene rings is 17. The minimum atomic E-state index is 0.742. The van der Waals surface area contributed by atoms with Crippen molar-refractivity contribution in [2.75, 3.05) is 28.4 Å². The molecule has 0 amide bonds. The molecule has 4 nitrogen and oxygen atoms in total. The summed E-state index contributed by atoms with van der Waals surface area (Å²) in [6.45, 7) is 0. The van der Waals surface area contributed by atoms with Crippen molar-refractivity contribution < 1.29 is 18.9 Å². The molecular weight excluding hydrogens is 761 g/mol. The molecule has 0 atom stereocenters. The van der Waals surface area contributed by atoms with Crippen molar-refractivity contribution in [2.24, 2.45) is 0 Å². The van der Waals surface area contributed by atoms with E-state index in [0.717, 1.165) is 23.0 Å². The van der Waals surface area contributed by atoms with Crippen LogP contribution in [0.3, 0.4) is 0 Å². The lowest BCUT2D eigenvalue weighted by molar-refractivity contribution is 0.356. The monoisotopic (exact) mass is 790 g/mol. The molecule has 0 aromatic heterocycles. The standard InChI is InChI=1S/C58H30O4/c1-59-39-19-35-31-15-11-27-23-7-5-9-25-29-13-17-33-37-21-41(61-3)42(62-4)22-38(37)34-18-14-30-26-10-6-8-24-28-12-16-32(36(35)20-40(39)60-2)46-45(31)49(27)55-53(43(23)25)57-51(29)47(33)48(34)52(30)58(57)54(44(24)26)56(55)50(28)46/h5-22H,1-4H3. The number of hydrogen-bond acceptors (Lipinski definition) is 4. The first-order chi connectivity index (χ1) is 30.6. The third kappa shape index (κ3) is 2.92. The number of fused-ring (bicyclic) bond motifs is 10. The van der Waals surface area contributed by atoms with E-state index in [2.05, 4.69) is 109 Å². The summed E-state index contributed by atoms with van der Waals surface area (Å²) in [7, 11) is 6.94. The van der Waals surface area contributed by atoms with E-state index in [0.29, 0.717) is 0 Å². The van der Waals surface area contributed by atoms with Gasteiger partial charge in [-0.15, -0.1) is 0 Å². The van der Waals surface area contributed by atoms with Gasteiger partial charge in [0.25, 0.3) is 0 Å². The van der Waals surface area contributed by atoms with Gasteiger partial charge in [-0.25, -0.2) is 0 Å². The molecule has 0 unspecified atom stereocenters.